The monoisotopic (exact) mass is 273 g/mol. The highest BCUT2D eigenvalue weighted by atomic mass is 32.2. The normalized spacial score (nSPS) is 14.3. The maximum atomic E-state index is 13.5. The number of nitrogens with one attached hydrogen (secondary N) is 1. The van der Waals surface area contributed by atoms with Crippen LogP contribution < -0.4 is 10.1 Å². The second-order valence-electron chi connectivity index (χ2n) is 4.10. The van der Waals surface area contributed by atoms with Gasteiger partial charge < -0.3 is 15.2 Å². The average Bonchev–Trinajstić information content (AvgIpc) is 2.38. The molecule has 2 N–H and O–H groups in total. The molecule has 18 heavy (non-hydrogen) atoms. The minimum atomic E-state index is -0.354. The van der Waals surface area contributed by atoms with Gasteiger partial charge in [-0.2, -0.15) is 11.8 Å². The predicted octanol–water partition coefficient (Wildman–Crippen LogP) is 2.04. The fraction of sp³-hybridized carbons (Fsp3) is 0.538. The van der Waals surface area contributed by atoms with Crippen molar-refractivity contribution in [1.82, 2.24) is 5.32 Å². The van der Waals surface area contributed by atoms with Gasteiger partial charge in [0.2, 0.25) is 0 Å². The fourth-order valence-corrected chi connectivity index (χ4v) is 2.32. The van der Waals surface area contributed by atoms with Gasteiger partial charge in [-0.15, -0.1) is 0 Å². The fourth-order valence-electron chi connectivity index (χ4n) is 1.67. The lowest BCUT2D eigenvalue weighted by Crippen LogP contribution is -2.37. The van der Waals surface area contributed by atoms with Crippen LogP contribution in [0.4, 0.5) is 4.39 Å². The van der Waals surface area contributed by atoms with E-state index in [4.69, 9.17) is 9.84 Å². The maximum absolute atomic E-state index is 13.5. The summed E-state index contributed by atoms with van der Waals surface area (Å²) in [5.74, 6) is -0.0998. The predicted molar refractivity (Wildman–Crippen MR) is 73.6 cm³/mol. The Bertz CT molecular complexity index is 372. The van der Waals surface area contributed by atoms with Crippen molar-refractivity contribution in [2.75, 3.05) is 20.0 Å². The summed E-state index contributed by atoms with van der Waals surface area (Å²) < 4.78 is 18.3. The third-order valence-electron chi connectivity index (χ3n) is 2.88. The number of thioether (sulfide) groups is 1. The topological polar surface area (TPSA) is 41.5 Å². The molecule has 1 aromatic rings. The molecular weight excluding hydrogens is 253 g/mol. The zero-order chi connectivity index (χ0) is 13.5. The van der Waals surface area contributed by atoms with Crippen LogP contribution in [0.15, 0.2) is 18.2 Å². The van der Waals surface area contributed by atoms with Gasteiger partial charge >= 0.3 is 0 Å². The van der Waals surface area contributed by atoms with Gasteiger partial charge in [-0.3, -0.25) is 0 Å². The Hall–Kier alpha value is -0.780. The van der Waals surface area contributed by atoms with Gasteiger partial charge in [-0.1, -0.05) is 6.07 Å². The number of methoxy groups -OCH3 is 1. The van der Waals surface area contributed by atoms with Crippen molar-refractivity contribution in [1.29, 1.82) is 0 Å². The molecule has 0 spiro atoms. The summed E-state index contributed by atoms with van der Waals surface area (Å²) in [5.41, 5.74) is 0.859. The van der Waals surface area contributed by atoms with Crippen molar-refractivity contribution >= 4 is 11.8 Å². The summed E-state index contributed by atoms with van der Waals surface area (Å²) in [6.45, 7) is 2.71. The van der Waals surface area contributed by atoms with E-state index in [1.807, 2.05) is 19.2 Å². The van der Waals surface area contributed by atoms with E-state index >= 15 is 0 Å². The first kappa shape index (κ1) is 15.3. The molecule has 102 valence electrons. The Balaban J connectivity index is 2.55. The number of benzene rings is 1. The molecule has 5 heteroatoms. The first-order valence-corrected chi connectivity index (χ1v) is 7.10. The minimum Gasteiger partial charge on any atom is -0.494 e. The summed E-state index contributed by atoms with van der Waals surface area (Å²) in [4.78, 5) is 0. The van der Waals surface area contributed by atoms with Crippen LogP contribution in [0.2, 0.25) is 0 Å². The van der Waals surface area contributed by atoms with Crippen molar-refractivity contribution < 1.29 is 14.2 Å². The van der Waals surface area contributed by atoms with Crippen molar-refractivity contribution in [3.8, 4) is 5.75 Å². The van der Waals surface area contributed by atoms with Gasteiger partial charge in [-0.05, 0) is 30.9 Å². The molecular formula is C13H20FNO2S. The molecule has 0 aliphatic carbocycles. The molecule has 1 rings (SSSR count). The van der Waals surface area contributed by atoms with E-state index in [-0.39, 0.29) is 29.5 Å². The number of halogens is 1. The largest absolute Gasteiger partial charge is 0.494 e. The Kier molecular flexibility index (Phi) is 6.46. The van der Waals surface area contributed by atoms with E-state index in [1.165, 1.54) is 13.2 Å². The Morgan fingerprint density at radius 1 is 1.50 bits per heavy atom. The zero-order valence-corrected chi connectivity index (χ0v) is 11.8. The minimum absolute atomic E-state index is 0.131. The van der Waals surface area contributed by atoms with Crippen LogP contribution in [-0.2, 0) is 6.54 Å². The van der Waals surface area contributed by atoms with Gasteiger partial charge in [0.1, 0.15) is 0 Å². The first-order valence-electron chi connectivity index (χ1n) is 5.81. The SMILES string of the molecule is COc1ccc(CNC(C)C(CO)SC)cc1F. The highest BCUT2D eigenvalue weighted by molar-refractivity contribution is 7.99. The van der Waals surface area contributed by atoms with Crippen molar-refractivity contribution in [3.63, 3.8) is 0 Å². The van der Waals surface area contributed by atoms with Crippen molar-refractivity contribution in [2.24, 2.45) is 0 Å². The van der Waals surface area contributed by atoms with Crippen LogP contribution in [-0.4, -0.2) is 36.4 Å². The molecule has 2 atom stereocenters. The number of aliphatic hydroxyl groups excluding tert-OH is 1. The zero-order valence-electron chi connectivity index (χ0n) is 10.9. The summed E-state index contributed by atoms with van der Waals surface area (Å²) in [6.07, 6.45) is 1.96. The maximum Gasteiger partial charge on any atom is 0.165 e. The molecule has 0 aromatic heterocycles. The molecule has 0 amide bonds. The van der Waals surface area contributed by atoms with Crippen LogP contribution in [0.3, 0.4) is 0 Å². The summed E-state index contributed by atoms with van der Waals surface area (Å²) in [7, 11) is 1.45. The molecule has 0 saturated carbocycles. The number of hydrogen-bond acceptors (Lipinski definition) is 4. The summed E-state index contributed by atoms with van der Waals surface area (Å²) in [6, 6.07) is 5.07. The molecule has 0 radical (unpaired) electrons. The number of aliphatic hydroxyl groups is 1. The lowest BCUT2D eigenvalue weighted by molar-refractivity contribution is 0.276. The second-order valence-corrected chi connectivity index (χ2v) is 5.17. The highest BCUT2D eigenvalue weighted by Gasteiger charge is 2.14. The Morgan fingerprint density at radius 3 is 2.72 bits per heavy atom. The van der Waals surface area contributed by atoms with E-state index in [2.05, 4.69) is 5.32 Å². The quantitative estimate of drug-likeness (QED) is 0.797. The van der Waals surface area contributed by atoms with E-state index in [0.29, 0.717) is 6.54 Å². The highest BCUT2D eigenvalue weighted by Crippen LogP contribution is 2.18. The molecule has 0 aliphatic rings. The third-order valence-corrected chi connectivity index (χ3v) is 4.05. The molecule has 1 aromatic carbocycles. The summed E-state index contributed by atoms with van der Waals surface area (Å²) >= 11 is 1.62. The number of ether oxygens (including phenoxy) is 1. The molecule has 3 nitrogen and oxygen atoms in total. The molecule has 0 fully saturated rings. The van der Waals surface area contributed by atoms with E-state index < -0.39 is 0 Å². The average molecular weight is 273 g/mol. The number of rotatable bonds is 7. The Labute approximate surface area is 112 Å². The van der Waals surface area contributed by atoms with Gasteiger partial charge in [-0.25, -0.2) is 4.39 Å². The molecule has 0 heterocycles. The van der Waals surface area contributed by atoms with Gasteiger partial charge in [0.25, 0.3) is 0 Å². The lowest BCUT2D eigenvalue weighted by Gasteiger charge is -2.21. The first-order chi connectivity index (χ1) is 8.62. The molecule has 2 unspecified atom stereocenters. The second kappa shape index (κ2) is 7.61. The summed E-state index contributed by atoms with van der Waals surface area (Å²) in [5, 5.41) is 12.6. The van der Waals surface area contributed by atoms with Crippen LogP contribution in [0.25, 0.3) is 0 Å². The van der Waals surface area contributed by atoms with Crippen molar-refractivity contribution in [3.05, 3.63) is 29.6 Å². The molecule has 0 saturated heterocycles. The molecule has 0 aliphatic heterocycles. The van der Waals surface area contributed by atoms with Crippen LogP contribution in [0.1, 0.15) is 12.5 Å². The van der Waals surface area contributed by atoms with Gasteiger partial charge in [0, 0.05) is 17.8 Å². The van der Waals surface area contributed by atoms with Crippen LogP contribution >= 0.6 is 11.8 Å². The van der Waals surface area contributed by atoms with Crippen LogP contribution in [0.5, 0.6) is 5.75 Å². The van der Waals surface area contributed by atoms with E-state index in [9.17, 15) is 4.39 Å². The smallest absolute Gasteiger partial charge is 0.165 e. The van der Waals surface area contributed by atoms with Crippen molar-refractivity contribution in [2.45, 2.75) is 24.8 Å². The lowest BCUT2D eigenvalue weighted by atomic mass is 10.2. The van der Waals surface area contributed by atoms with Gasteiger partial charge in [0.05, 0.1) is 13.7 Å². The van der Waals surface area contributed by atoms with Crippen LogP contribution in [0, 0.1) is 5.82 Å². The van der Waals surface area contributed by atoms with Gasteiger partial charge in [0.15, 0.2) is 11.6 Å². The third kappa shape index (κ3) is 4.15. The molecule has 0 bridgehead atoms. The van der Waals surface area contributed by atoms with E-state index in [1.54, 1.807) is 17.8 Å². The number of hydrogen-bond donors (Lipinski definition) is 2. The Morgan fingerprint density at radius 2 is 2.22 bits per heavy atom. The standard InChI is InChI=1S/C13H20FNO2S/c1-9(13(8-16)18-3)15-7-10-4-5-12(17-2)11(14)6-10/h4-6,9,13,15-16H,7-8H2,1-3H3. The van der Waals surface area contributed by atoms with E-state index in [0.717, 1.165) is 5.56 Å².